The van der Waals surface area contributed by atoms with Gasteiger partial charge in [-0.1, -0.05) is 169 Å². The van der Waals surface area contributed by atoms with Crippen LogP contribution in [0.4, 0.5) is 17.1 Å². The van der Waals surface area contributed by atoms with Crippen molar-refractivity contribution < 1.29 is 0 Å². The molecule has 0 unspecified atom stereocenters. The van der Waals surface area contributed by atoms with E-state index in [1.54, 1.807) is 0 Å². The summed E-state index contributed by atoms with van der Waals surface area (Å²) in [7, 11) is 0. The summed E-state index contributed by atoms with van der Waals surface area (Å²) in [5.74, 6) is 0. The van der Waals surface area contributed by atoms with Gasteiger partial charge < -0.3 is 4.90 Å². The molecule has 250 valence electrons. The van der Waals surface area contributed by atoms with Crippen LogP contribution in [0.2, 0.25) is 0 Å². The van der Waals surface area contributed by atoms with Crippen LogP contribution in [0.3, 0.4) is 0 Å². The second-order valence-electron chi connectivity index (χ2n) is 14.2. The predicted octanol–water partition coefficient (Wildman–Crippen LogP) is 13.8. The minimum absolute atomic E-state index is 0.467. The third kappa shape index (κ3) is 5.00. The molecular formula is C52H37N. The molecule has 0 aromatic heterocycles. The minimum Gasteiger partial charge on any atom is -0.310 e. The molecule has 1 heteroatoms. The van der Waals surface area contributed by atoms with Gasteiger partial charge in [-0.3, -0.25) is 0 Å². The van der Waals surface area contributed by atoms with Gasteiger partial charge in [0.25, 0.3) is 0 Å². The van der Waals surface area contributed by atoms with Gasteiger partial charge in [0, 0.05) is 17.1 Å². The summed E-state index contributed by atoms with van der Waals surface area (Å²) in [5.41, 5.74) is 14.4. The lowest BCUT2D eigenvalue weighted by molar-refractivity contribution is 0.768. The van der Waals surface area contributed by atoms with Crippen molar-refractivity contribution in [2.24, 2.45) is 0 Å². The standard InChI is InChI=1S/C52H37N/c1-36-23-28-43(29-24-36)53(44-30-27-38-33-40(26-25-39(38)34-44)47-21-12-14-37-13-8-9-19-46(37)47)45-31-32-49-48-20-10-11-22-50(48)52(51(49)35-45,41-15-4-2-5-16-41)42-17-6-3-7-18-42/h2-35H,1H3. The molecule has 53 heavy (non-hydrogen) atoms. The van der Waals surface area contributed by atoms with Gasteiger partial charge in [-0.2, -0.15) is 0 Å². The monoisotopic (exact) mass is 675 g/mol. The first-order valence-electron chi connectivity index (χ1n) is 18.4. The summed E-state index contributed by atoms with van der Waals surface area (Å²) in [6.07, 6.45) is 0. The number of nitrogens with zero attached hydrogens (tertiary/aromatic N) is 1. The van der Waals surface area contributed by atoms with Crippen LogP contribution in [-0.4, -0.2) is 0 Å². The van der Waals surface area contributed by atoms with Crippen molar-refractivity contribution >= 4 is 38.6 Å². The molecule has 0 saturated carbocycles. The van der Waals surface area contributed by atoms with Gasteiger partial charge in [-0.15, -0.1) is 0 Å². The molecule has 0 radical (unpaired) electrons. The van der Waals surface area contributed by atoms with Gasteiger partial charge >= 0.3 is 0 Å². The minimum atomic E-state index is -0.467. The Hall–Kier alpha value is -6.70. The third-order valence-corrected chi connectivity index (χ3v) is 11.2. The highest BCUT2D eigenvalue weighted by atomic mass is 15.1. The molecule has 1 nitrogen and oxygen atoms in total. The molecule has 1 aliphatic carbocycles. The molecule has 0 N–H and O–H groups in total. The quantitative estimate of drug-likeness (QED) is 0.170. The van der Waals surface area contributed by atoms with Crippen molar-refractivity contribution in [2.75, 3.05) is 4.90 Å². The highest BCUT2D eigenvalue weighted by Gasteiger charge is 2.46. The molecule has 0 bridgehead atoms. The van der Waals surface area contributed by atoms with E-state index >= 15 is 0 Å². The third-order valence-electron chi connectivity index (χ3n) is 11.2. The van der Waals surface area contributed by atoms with Crippen molar-refractivity contribution in [1.29, 1.82) is 0 Å². The van der Waals surface area contributed by atoms with Crippen LogP contribution in [0, 0.1) is 6.92 Å². The van der Waals surface area contributed by atoms with Crippen molar-refractivity contribution in [3.05, 3.63) is 234 Å². The molecule has 1 aliphatic rings. The topological polar surface area (TPSA) is 3.24 Å². The fraction of sp³-hybridized carbons (Fsp3) is 0.0385. The van der Waals surface area contributed by atoms with E-state index in [-0.39, 0.29) is 0 Å². The summed E-state index contributed by atoms with van der Waals surface area (Å²) < 4.78 is 0. The number of hydrogen-bond acceptors (Lipinski definition) is 1. The Morgan fingerprint density at radius 1 is 0.358 bits per heavy atom. The molecule has 0 fully saturated rings. The van der Waals surface area contributed by atoms with E-state index in [9.17, 15) is 0 Å². The number of anilines is 3. The number of fused-ring (bicyclic) bond motifs is 5. The highest BCUT2D eigenvalue weighted by molar-refractivity contribution is 6.00. The van der Waals surface area contributed by atoms with E-state index in [1.165, 1.54) is 71.6 Å². The van der Waals surface area contributed by atoms with Gasteiger partial charge in [-0.05, 0) is 115 Å². The molecule has 0 amide bonds. The number of benzene rings is 9. The first-order chi connectivity index (χ1) is 26.2. The molecule has 10 rings (SSSR count). The van der Waals surface area contributed by atoms with Crippen LogP contribution >= 0.6 is 0 Å². The average molecular weight is 676 g/mol. The zero-order chi connectivity index (χ0) is 35.4. The summed E-state index contributed by atoms with van der Waals surface area (Å²) >= 11 is 0. The summed E-state index contributed by atoms with van der Waals surface area (Å²) in [4.78, 5) is 2.42. The van der Waals surface area contributed by atoms with Crippen LogP contribution in [0.15, 0.2) is 206 Å². The van der Waals surface area contributed by atoms with Crippen molar-refractivity contribution in [3.63, 3.8) is 0 Å². The largest absolute Gasteiger partial charge is 0.310 e. The molecule has 0 spiro atoms. The molecule has 0 heterocycles. The van der Waals surface area contributed by atoms with Gasteiger partial charge in [0.2, 0.25) is 0 Å². The van der Waals surface area contributed by atoms with Crippen LogP contribution in [0.5, 0.6) is 0 Å². The van der Waals surface area contributed by atoms with E-state index in [4.69, 9.17) is 0 Å². The Bertz CT molecular complexity index is 2740. The molecule has 0 saturated heterocycles. The summed E-state index contributed by atoms with van der Waals surface area (Å²) in [6.45, 7) is 2.15. The van der Waals surface area contributed by atoms with Crippen LogP contribution in [0.1, 0.15) is 27.8 Å². The van der Waals surface area contributed by atoms with E-state index in [1.807, 2.05) is 0 Å². The van der Waals surface area contributed by atoms with Gasteiger partial charge in [0.05, 0.1) is 5.41 Å². The van der Waals surface area contributed by atoms with E-state index in [0.29, 0.717) is 0 Å². The highest BCUT2D eigenvalue weighted by Crippen LogP contribution is 2.57. The maximum atomic E-state index is 2.45. The predicted molar refractivity (Wildman–Crippen MR) is 224 cm³/mol. The molecular weight excluding hydrogens is 639 g/mol. The van der Waals surface area contributed by atoms with Crippen LogP contribution < -0.4 is 4.90 Å². The Morgan fingerprint density at radius 2 is 0.925 bits per heavy atom. The van der Waals surface area contributed by atoms with E-state index in [0.717, 1.165) is 17.1 Å². The average Bonchev–Trinajstić information content (AvgIpc) is 3.52. The molecule has 0 aliphatic heterocycles. The maximum Gasteiger partial charge on any atom is 0.0714 e. The smallest absolute Gasteiger partial charge is 0.0714 e. The second kappa shape index (κ2) is 12.5. The first kappa shape index (κ1) is 31.1. The van der Waals surface area contributed by atoms with Gasteiger partial charge in [0.15, 0.2) is 0 Å². The number of hydrogen-bond donors (Lipinski definition) is 0. The second-order valence-corrected chi connectivity index (χ2v) is 14.2. The Balaban J connectivity index is 1.16. The van der Waals surface area contributed by atoms with Crippen molar-refractivity contribution in [3.8, 4) is 22.3 Å². The Labute approximate surface area is 311 Å². The van der Waals surface area contributed by atoms with E-state index < -0.39 is 5.41 Å². The van der Waals surface area contributed by atoms with Crippen molar-refractivity contribution in [2.45, 2.75) is 12.3 Å². The SMILES string of the molecule is Cc1ccc(N(c2ccc3c(c2)C(c2ccccc2)(c2ccccc2)c2ccccc2-3)c2ccc3cc(-c4cccc5ccccc45)ccc3c2)cc1. The van der Waals surface area contributed by atoms with Crippen LogP contribution in [0.25, 0.3) is 43.8 Å². The lowest BCUT2D eigenvalue weighted by Crippen LogP contribution is -2.28. The van der Waals surface area contributed by atoms with E-state index in [2.05, 4.69) is 218 Å². The summed E-state index contributed by atoms with van der Waals surface area (Å²) in [5, 5.41) is 4.97. The zero-order valence-corrected chi connectivity index (χ0v) is 29.6. The zero-order valence-electron chi connectivity index (χ0n) is 29.6. The van der Waals surface area contributed by atoms with Crippen LogP contribution in [-0.2, 0) is 5.41 Å². The van der Waals surface area contributed by atoms with Crippen molar-refractivity contribution in [1.82, 2.24) is 0 Å². The molecule has 0 atom stereocenters. The Morgan fingerprint density at radius 3 is 1.72 bits per heavy atom. The number of rotatable bonds is 6. The summed E-state index contributed by atoms with van der Waals surface area (Å²) in [6, 6.07) is 76.0. The molecule has 9 aromatic carbocycles. The van der Waals surface area contributed by atoms with Gasteiger partial charge in [-0.25, -0.2) is 0 Å². The fourth-order valence-corrected chi connectivity index (χ4v) is 8.73. The lowest BCUT2D eigenvalue weighted by atomic mass is 9.67. The fourth-order valence-electron chi connectivity index (χ4n) is 8.73. The first-order valence-corrected chi connectivity index (χ1v) is 18.4. The maximum absolute atomic E-state index is 2.45. The lowest BCUT2D eigenvalue weighted by Gasteiger charge is -2.35. The normalized spacial score (nSPS) is 12.8. The Kier molecular flexibility index (Phi) is 7.33. The number of aryl methyl sites for hydroxylation is 1. The molecule has 9 aromatic rings. The van der Waals surface area contributed by atoms with Gasteiger partial charge in [0.1, 0.15) is 0 Å².